The molecule has 0 spiro atoms. The molecule has 0 aliphatic heterocycles. The van der Waals surface area contributed by atoms with Gasteiger partial charge in [-0.3, -0.25) is 9.89 Å². The molecule has 1 heterocycles. The van der Waals surface area contributed by atoms with Gasteiger partial charge >= 0.3 is 0 Å². The monoisotopic (exact) mass is 310 g/mol. The highest BCUT2D eigenvalue weighted by Gasteiger charge is 2.19. The first kappa shape index (κ1) is 16.3. The van der Waals surface area contributed by atoms with E-state index in [0.29, 0.717) is 10.9 Å². The molecule has 0 radical (unpaired) electrons. The van der Waals surface area contributed by atoms with Crippen LogP contribution in [0.25, 0.3) is 0 Å². The SMILES string of the molecule is CCC(C)(C)NC(=O)CSc1n[nH]c(CC2CCCC2)n1. The molecular weight excluding hydrogens is 284 g/mol. The molecule has 6 heteroatoms. The van der Waals surface area contributed by atoms with Crippen molar-refractivity contribution in [3.05, 3.63) is 5.82 Å². The van der Waals surface area contributed by atoms with E-state index in [1.54, 1.807) is 0 Å². The van der Waals surface area contributed by atoms with Gasteiger partial charge < -0.3 is 5.32 Å². The number of carbonyl (C=O) groups excluding carboxylic acids is 1. The van der Waals surface area contributed by atoms with Crippen molar-refractivity contribution in [1.82, 2.24) is 20.5 Å². The van der Waals surface area contributed by atoms with Crippen molar-refractivity contribution < 1.29 is 4.79 Å². The first-order valence-electron chi connectivity index (χ1n) is 7.83. The molecule has 21 heavy (non-hydrogen) atoms. The smallest absolute Gasteiger partial charge is 0.230 e. The van der Waals surface area contributed by atoms with E-state index in [1.807, 2.05) is 13.8 Å². The molecule has 0 atom stereocenters. The molecule has 1 aromatic heterocycles. The lowest BCUT2D eigenvalue weighted by Crippen LogP contribution is -2.43. The number of rotatable bonds is 7. The molecule has 118 valence electrons. The number of amides is 1. The average molecular weight is 310 g/mol. The summed E-state index contributed by atoms with van der Waals surface area (Å²) >= 11 is 1.39. The van der Waals surface area contributed by atoms with Gasteiger partial charge in [0.1, 0.15) is 5.82 Å². The molecule has 0 saturated heterocycles. The first-order chi connectivity index (χ1) is 9.98. The van der Waals surface area contributed by atoms with Gasteiger partial charge in [-0.1, -0.05) is 44.4 Å². The second-order valence-electron chi connectivity index (χ2n) is 6.49. The Kier molecular flexibility index (Phi) is 5.67. The maximum atomic E-state index is 11.9. The van der Waals surface area contributed by atoms with Crippen LogP contribution in [-0.4, -0.2) is 32.4 Å². The Morgan fingerprint density at radius 1 is 1.43 bits per heavy atom. The second-order valence-corrected chi connectivity index (χ2v) is 7.44. The molecular formula is C15H26N4OS. The van der Waals surface area contributed by atoms with Crippen LogP contribution < -0.4 is 5.32 Å². The third-order valence-corrected chi connectivity index (χ3v) is 5.01. The van der Waals surface area contributed by atoms with E-state index in [0.717, 1.165) is 24.6 Å². The highest BCUT2D eigenvalue weighted by Crippen LogP contribution is 2.27. The number of hydrogen-bond donors (Lipinski definition) is 2. The fraction of sp³-hybridized carbons (Fsp3) is 0.800. The quantitative estimate of drug-likeness (QED) is 0.760. The van der Waals surface area contributed by atoms with E-state index in [2.05, 4.69) is 27.4 Å². The van der Waals surface area contributed by atoms with Crippen LogP contribution in [0.4, 0.5) is 0 Å². The highest BCUT2D eigenvalue weighted by molar-refractivity contribution is 7.99. The van der Waals surface area contributed by atoms with Gasteiger partial charge in [-0.05, 0) is 26.2 Å². The summed E-state index contributed by atoms with van der Waals surface area (Å²) in [6.07, 6.45) is 7.19. The Balaban J connectivity index is 1.76. The van der Waals surface area contributed by atoms with E-state index in [1.165, 1.54) is 37.4 Å². The molecule has 0 aromatic carbocycles. The summed E-state index contributed by atoms with van der Waals surface area (Å²) in [5.41, 5.74) is -0.149. The van der Waals surface area contributed by atoms with E-state index in [4.69, 9.17) is 0 Å². The maximum Gasteiger partial charge on any atom is 0.230 e. The molecule has 0 unspecified atom stereocenters. The maximum absolute atomic E-state index is 11.9. The van der Waals surface area contributed by atoms with Gasteiger partial charge in [-0.2, -0.15) is 0 Å². The average Bonchev–Trinajstić information content (AvgIpc) is 3.08. The summed E-state index contributed by atoms with van der Waals surface area (Å²) in [5.74, 6) is 2.11. The fourth-order valence-electron chi connectivity index (χ4n) is 2.55. The van der Waals surface area contributed by atoms with Crippen LogP contribution in [0.5, 0.6) is 0 Å². The zero-order valence-corrected chi connectivity index (χ0v) is 14.1. The lowest BCUT2D eigenvalue weighted by atomic mass is 10.0. The normalized spacial score (nSPS) is 16.3. The van der Waals surface area contributed by atoms with Crippen LogP contribution in [0, 0.1) is 5.92 Å². The molecule has 1 fully saturated rings. The molecule has 0 bridgehead atoms. The van der Waals surface area contributed by atoms with Crippen molar-refractivity contribution >= 4 is 17.7 Å². The summed E-state index contributed by atoms with van der Waals surface area (Å²) in [6.45, 7) is 6.13. The van der Waals surface area contributed by atoms with Gasteiger partial charge in [0.05, 0.1) is 5.75 Å². The standard InChI is InChI=1S/C15H26N4OS/c1-4-15(2,3)17-13(20)10-21-14-16-12(18-19-14)9-11-7-5-6-8-11/h11H,4-10H2,1-3H3,(H,17,20)(H,16,18,19). The van der Waals surface area contributed by atoms with Crippen molar-refractivity contribution in [2.45, 2.75) is 70.0 Å². The van der Waals surface area contributed by atoms with Crippen LogP contribution in [0.15, 0.2) is 5.16 Å². The van der Waals surface area contributed by atoms with Crippen molar-refractivity contribution in [2.24, 2.45) is 5.92 Å². The van der Waals surface area contributed by atoms with Gasteiger partial charge in [0, 0.05) is 12.0 Å². The summed E-state index contributed by atoms with van der Waals surface area (Å²) < 4.78 is 0. The Morgan fingerprint density at radius 3 is 2.81 bits per heavy atom. The van der Waals surface area contributed by atoms with Gasteiger partial charge in [-0.25, -0.2) is 4.98 Å². The number of aromatic amines is 1. The number of carbonyl (C=O) groups is 1. The van der Waals surface area contributed by atoms with Crippen molar-refractivity contribution in [3.63, 3.8) is 0 Å². The first-order valence-corrected chi connectivity index (χ1v) is 8.82. The predicted octanol–water partition coefficient (Wildman–Crippen LogP) is 2.93. The number of thioether (sulfide) groups is 1. The summed E-state index contributed by atoms with van der Waals surface area (Å²) in [7, 11) is 0. The molecule has 1 amide bonds. The lowest BCUT2D eigenvalue weighted by Gasteiger charge is -2.24. The summed E-state index contributed by atoms with van der Waals surface area (Å²) in [4.78, 5) is 16.4. The van der Waals surface area contributed by atoms with E-state index in [-0.39, 0.29) is 11.4 Å². The third-order valence-electron chi connectivity index (χ3n) is 4.16. The Bertz CT molecular complexity index is 466. The topological polar surface area (TPSA) is 70.7 Å². The fourth-order valence-corrected chi connectivity index (χ4v) is 3.17. The highest BCUT2D eigenvalue weighted by atomic mass is 32.2. The zero-order valence-electron chi connectivity index (χ0n) is 13.2. The molecule has 2 rings (SSSR count). The number of nitrogens with zero attached hydrogens (tertiary/aromatic N) is 2. The number of hydrogen-bond acceptors (Lipinski definition) is 4. The predicted molar refractivity (Wildman–Crippen MR) is 85.3 cm³/mol. The van der Waals surface area contributed by atoms with Gasteiger partial charge in [-0.15, -0.1) is 5.10 Å². The van der Waals surface area contributed by atoms with E-state index >= 15 is 0 Å². The van der Waals surface area contributed by atoms with Gasteiger partial charge in [0.25, 0.3) is 0 Å². The third kappa shape index (κ3) is 5.34. The van der Waals surface area contributed by atoms with Crippen LogP contribution in [-0.2, 0) is 11.2 Å². The minimum atomic E-state index is -0.149. The second kappa shape index (κ2) is 7.29. The van der Waals surface area contributed by atoms with Crippen molar-refractivity contribution in [1.29, 1.82) is 0 Å². The van der Waals surface area contributed by atoms with Gasteiger partial charge in [0.2, 0.25) is 11.1 Å². The molecule has 1 aromatic rings. The van der Waals surface area contributed by atoms with Crippen LogP contribution in [0.2, 0.25) is 0 Å². The number of nitrogens with one attached hydrogen (secondary N) is 2. The molecule has 2 N–H and O–H groups in total. The Hall–Kier alpha value is -1.04. The van der Waals surface area contributed by atoms with Gasteiger partial charge in [0.15, 0.2) is 0 Å². The Labute approximate surface area is 131 Å². The minimum absolute atomic E-state index is 0.0361. The van der Waals surface area contributed by atoms with E-state index in [9.17, 15) is 4.79 Å². The van der Waals surface area contributed by atoms with Crippen molar-refractivity contribution in [2.75, 3.05) is 5.75 Å². The Morgan fingerprint density at radius 2 is 2.14 bits per heavy atom. The van der Waals surface area contributed by atoms with Crippen molar-refractivity contribution in [3.8, 4) is 0 Å². The minimum Gasteiger partial charge on any atom is -0.351 e. The van der Waals surface area contributed by atoms with Crippen LogP contribution in [0.3, 0.4) is 0 Å². The molecule has 1 saturated carbocycles. The molecule has 1 aliphatic rings. The lowest BCUT2D eigenvalue weighted by molar-refractivity contribution is -0.120. The summed E-state index contributed by atoms with van der Waals surface area (Å²) in [6, 6.07) is 0. The molecule has 5 nitrogen and oxygen atoms in total. The summed E-state index contributed by atoms with van der Waals surface area (Å²) in [5, 5.41) is 10.9. The zero-order chi connectivity index (χ0) is 15.3. The molecule has 1 aliphatic carbocycles. The van der Waals surface area contributed by atoms with Crippen LogP contribution in [0.1, 0.15) is 58.7 Å². The largest absolute Gasteiger partial charge is 0.351 e. The van der Waals surface area contributed by atoms with E-state index < -0.39 is 0 Å². The van der Waals surface area contributed by atoms with Crippen LogP contribution >= 0.6 is 11.8 Å². The number of H-pyrrole nitrogens is 1. The number of aromatic nitrogens is 3.